The Labute approximate surface area is 177 Å². The van der Waals surface area contributed by atoms with Crippen LogP contribution in [0.4, 0.5) is 0 Å². The van der Waals surface area contributed by atoms with Gasteiger partial charge in [0, 0.05) is 17.7 Å². The molecule has 0 aliphatic carbocycles. The van der Waals surface area contributed by atoms with E-state index < -0.39 is 0 Å². The smallest absolute Gasteiger partial charge is 0.205 e. The Balaban J connectivity index is 1.61. The molecule has 148 valence electrons. The summed E-state index contributed by atoms with van der Waals surface area (Å²) in [6.45, 7) is 2.14. The minimum absolute atomic E-state index is 0.456. The number of H-pyrrole nitrogens is 1. The molecule has 0 radical (unpaired) electrons. The highest BCUT2D eigenvalue weighted by atomic mass is 35.5. The largest absolute Gasteiger partial charge is 0.281 e. The van der Waals surface area contributed by atoms with Crippen molar-refractivity contribution in [3.8, 4) is 28.2 Å². The van der Waals surface area contributed by atoms with E-state index in [-0.39, 0.29) is 0 Å². The molecule has 0 unspecified atom stereocenters. The maximum Gasteiger partial charge on any atom is 0.205 e. The summed E-state index contributed by atoms with van der Waals surface area (Å²) in [5.74, 6) is 1.54. The monoisotopic (exact) mass is 415 g/mol. The van der Waals surface area contributed by atoms with Crippen LogP contribution in [0.15, 0.2) is 60.7 Å². The first kappa shape index (κ1) is 18.4. The number of nitrogens with zero attached hydrogens (tertiary/aromatic N) is 6. The van der Waals surface area contributed by atoms with E-state index >= 15 is 0 Å². The van der Waals surface area contributed by atoms with Gasteiger partial charge in [-0.05, 0) is 47.0 Å². The lowest BCUT2D eigenvalue weighted by atomic mass is 9.99. The van der Waals surface area contributed by atoms with E-state index in [1.807, 2.05) is 24.3 Å². The summed E-state index contributed by atoms with van der Waals surface area (Å²) < 4.78 is 2.08. The van der Waals surface area contributed by atoms with E-state index in [9.17, 15) is 0 Å². The predicted octanol–water partition coefficient (Wildman–Crippen LogP) is 4.87. The number of hydrogen-bond acceptors (Lipinski definition) is 5. The molecular weight excluding hydrogens is 398 g/mol. The number of pyridine rings is 1. The van der Waals surface area contributed by atoms with Crippen molar-refractivity contribution in [2.45, 2.75) is 19.8 Å². The summed E-state index contributed by atoms with van der Waals surface area (Å²) in [6, 6.07) is 20.0. The molecule has 0 amide bonds. The zero-order valence-electron chi connectivity index (χ0n) is 16.2. The Hall–Kier alpha value is -3.58. The van der Waals surface area contributed by atoms with Gasteiger partial charge in [-0.25, -0.2) is 9.97 Å². The van der Waals surface area contributed by atoms with Crippen LogP contribution in [-0.4, -0.2) is 35.2 Å². The van der Waals surface area contributed by atoms with Gasteiger partial charge in [0.2, 0.25) is 5.82 Å². The molecule has 0 atom stereocenters. The first-order valence-corrected chi connectivity index (χ1v) is 10.1. The van der Waals surface area contributed by atoms with Gasteiger partial charge < -0.3 is 0 Å². The molecule has 0 saturated heterocycles. The van der Waals surface area contributed by atoms with Gasteiger partial charge in [-0.2, -0.15) is 5.21 Å². The van der Waals surface area contributed by atoms with E-state index in [0.29, 0.717) is 11.0 Å². The predicted molar refractivity (Wildman–Crippen MR) is 116 cm³/mol. The number of fused-ring (bicyclic) bond motifs is 1. The van der Waals surface area contributed by atoms with Gasteiger partial charge in [-0.1, -0.05) is 54.9 Å². The van der Waals surface area contributed by atoms with Gasteiger partial charge in [0.15, 0.2) is 5.65 Å². The molecule has 3 aromatic heterocycles. The number of rotatable bonds is 5. The van der Waals surface area contributed by atoms with Crippen molar-refractivity contribution in [1.82, 2.24) is 35.2 Å². The van der Waals surface area contributed by atoms with Gasteiger partial charge in [-0.15, -0.1) is 10.2 Å². The van der Waals surface area contributed by atoms with Crippen LogP contribution < -0.4 is 0 Å². The summed E-state index contributed by atoms with van der Waals surface area (Å²) in [7, 11) is 0. The number of halogens is 1. The fourth-order valence-corrected chi connectivity index (χ4v) is 3.78. The molecule has 0 saturated carbocycles. The van der Waals surface area contributed by atoms with E-state index in [4.69, 9.17) is 16.6 Å². The maximum atomic E-state index is 6.16. The zero-order chi connectivity index (χ0) is 20.5. The molecule has 30 heavy (non-hydrogen) atoms. The fraction of sp³-hybridized carbons (Fsp3) is 0.136. The lowest BCUT2D eigenvalue weighted by Gasteiger charge is -2.11. The van der Waals surface area contributed by atoms with E-state index in [0.717, 1.165) is 52.2 Å². The van der Waals surface area contributed by atoms with Crippen LogP contribution in [0.5, 0.6) is 0 Å². The lowest BCUT2D eigenvalue weighted by Crippen LogP contribution is -2.02. The van der Waals surface area contributed by atoms with Crippen LogP contribution >= 0.6 is 11.6 Å². The Morgan fingerprint density at radius 2 is 1.73 bits per heavy atom. The second-order valence-electron chi connectivity index (χ2n) is 6.92. The normalized spacial score (nSPS) is 11.3. The molecule has 7 nitrogen and oxygen atoms in total. The van der Waals surface area contributed by atoms with Crippen LogP contribution in [0.1, 0.15) is 19.2 Å². The number of aromatic amines is 1. The minimum Gasteiger partial charge on any atom is -0.281 e. The van der Waals surface area contributed by atoms with Crippen LogP contribution in [0, 0.1) is 0 Å². The molecular formula is C22H18ClN7. The highest BCUT2D eigenvalue weighted by Crippen LogP contribution is 2.31. The Morgan fingerprint density at radius 3 is 2.47 bits per heavy atom. The van der Waals surface area contributed by atoms with Crippen molar-refractivity contribution in [3.63, 3.8) is 0 Å². The van der Waals surface area contributed by atoms with Crippen LogP contribution in [0.2, 0.25) is 5.15 Å². The first-order chi connectivity index (χ1) is 14.7. The molecule has 2 aromatic carbocycles. The molecule has 0 bridgehead atoms. The molecule has 3 heterocycles. The number of tetrazole rings is 1. The Morgan fingerprint density at radius 1 is 0.933 bits per heavy atom. The Kier molecular flexibility index (Phi) is 4.72. The van der Waals surface area contributed by atoms with Crippen molar-refractivity contribution in [3.05, 3.63) is 71.6 Å². The number of hydrogen-bond donors (Lipinski definition) is 1. The van der Waals surface area contributed by atoms with Crippen molar-refractivity contribution < 1.29 is 0 Å². The molecule has 5 rings (SSSR count). The lowest BCUT2D eigenvalue weighted by molar-refractivity contribution is 0.815. The van der Waals surface area contributed by atoms with Gasteiger partial charge in [0.1, 0.15) is 16.5 Å². The average molecular weight is 416 g/mol. The van der Waals surface area contributed by atoms with Gasteiger partial charge in [-0.3, -0.25) is 4.57 Å². The maximum absolute atomic E-state index is 6.16. The molecule has 0 aliphatic rings. The quantitative estimate of drug-likeness (QED) is 0.414. The molecule has 0 aliphatic heterocycles. The van der Waals surface area contributed by atoms with Gasteiger partial charge >= 0.3 is 0 Å². The third-order valence-electron chi connectivity index (χ3n) is 4.96. The van der Waals surface area contributed by atoms with E-state index in [1.54, 1.807) is 6.07 Å². The second-order valence-corrected chi connectivity index (χ2v) is 7.31. The van der Waals surface area contributed by atoms with Gasteiger partial charge in [0.05, 0.1) is 0 Å². The summed E-state index contributed by atoms with van der Waals surface area (Å²) in [5, 5.41) is 14.9. The zero-order valence-corrected chi connectivity index (χ0v) is 17.0. The fourth-order valence-electron chi connectivity index (χ4n) is 3.64. The van der Waals surface area contributed by atoms with Crippen LogP contribution in [-0.2, 0) is 6.42 Å². The SMILES string of the molecule is CCCc1nc2ccc(Cl)nc2n1-c1ccc(-c2ccccc2-c2nn[nH]n2)cc1. The summed E-state index contributed by atoms with van der Waals surface area (Å²) >= 11 is 6.16. The van der Waals surface area contributed by atoms with Crippen molar-refractivity contribution in [2.24, 2.45) is 0 Å². The van der Waals surface area contributed by atoms with E-state index in [1.165, 1.54) is 0 Å². The summed E-state index contributed by atoms with van der Waals surface area (Å²) in [5.41, 5.74) is 5.63. The highest BCUT2D eigenvalue weighted by molar-refractivity contribution is 6.29. The van der Waals surface area contributed by atoms with Crippen molar-refractivity contribution >= 4 is 22.8 Å². The number of aryl methyl sites for hydroxylation is 1. The summed E-state index contributed by atoms with van der Waals surface area (Å²) in [4.78, 5) is 9.29. The van der Waals surface area contributed by atoms with Crippen LogP contribution in [0.3, 0.4) is 0 Å². The van der Waals surface area contributed by atoms with Crippen molar-refractivity contribution in [2.75, 3.05) is 0 Å². The number of imidazole rings is 1. The number of aromatic nitrogens is 7. The van der Waals surface area contributed by atoms with Gasteiger partial charge in [0.25, 0.3) is 0 Å². The van der Waals surface area contributed by atoms with Crippen molar-refractivity contribution in [1.29, 1.82) is 0 Å². The number of benzene rings is 2. The second kappa shape index (κ2) is 7.68. The molecule has 1 N–H and O–H groups in total. The Bertz CT molecular complexity index is 1310. The highest BCUT2D eigenvalue weighted by Gasteiger charge is 2.15. The first-order valence-electron chi connectivity index (χ1n) is 9.72. The topological polar surface area (TPSA) is 85.2 Å². The van der Waals surface area contributed by atoms with Crippen LogP contribution in [0.25, 0.3) is 39.4 Å². The molecule has 0 fully saturated rings. The molecule has 0 spiro atoms. The standard InChI is InChI=1S/C22H18ClN7/c1-2-5-20-24-18-12-13-19(23)25-22(18)30(20)15-10-8-14(9-11-15)16-6-3-4-7-17(16)21-26-28-29-27-21/h3-4,6-13H,2,5H2,1H3,(H,26,27,28,29). The third-order valence-corrected chi connectivity index (χ3v) is 5.17. The average Bonchev–Trinajstić information content (AvgIpc) is 3.42. The third kappa shape index (κ3) is 3.23. The number of nitrogens with one attached hydrogen (secondary N) is 1. The molecule has 5 aromatic rings. The molecule has 8 heteroatoms. The van der Waals surface area contributed by atoms with E-state index in [2.05, 4.69) is 67.4 Å². The minimum atomic E-state index is 0.456. The summed E-state index contributed by atoms with van der Waals surface area (Å²) in [6.07, 6.45) is 1.85.